The van der Waals surface area contributed by atoms with Crippen molar-refractivity contribution in [3.8, 4) is 0 Å². The molecule has 0 saturated heterocycles. The molecular weight excluding hydrogens is 320 g/mol. The van der Waals surface area contributed by atoms with Gasteiger partial charge in [-0.25, -0.2) is 0 Å². The van der Waals surface area contributed by atoms with Gasteiger partial charge in [0.05, 0.1) is 17.8 Å². The molecule has 1 N–H and O–H groups in total. The maximum Gasteiger partial charge on any atom is 0.310 e. The predicted octanol–water partition coefficient (Wildman–Crippen LogP) is 2.07. The summed E-state index contributed by atoms with van der Waals surface area (Å²) in [6.45, 7) is 1.48. The summed E-state index contributed by atoms with van der Waals surface area (Å²) < 4.78 is 5.08. The number of carbonyl (C=O) groups is 3. The largest absolute Gasteiger partial charge is 0.455 e. The molecule has 6 heteroatoms. The Morgan fingerprint density at radius 1 is 1.12 bits per heavy atom. The lowest BCUT2D eigenvalue weighted by atomic mass is 10.1. The number of hydrogen-bond acceptors (Lipinski definition) is 4. The first kappa shape index (κ1) is 16.7. The zero-order valence-electron chi connectivity index (χ0n) is 13.8. The molecule has 2 aromatic carbocycles. The van der Waals surface area contributed by atoms with Crippen LogP contribution in [-0.2, 0) is 25.5 Å². The van der Waals surface area contributed by atoms with Crippen molar-refractivity contribution in [1.29, 1.82) is 0 Å². The second kappa shape index (κ2) is 7.17. The van der Waals surface area contributed by atoms with Gasteiger partial charge in [0.15, 0.2) is 6.61 Å². The van der Waals surface area contributed by atoms with Crippen LogP contribution in [0.4, 0.5) is 11.4 Å². The summed E-state index contributed by atoms with van der Waals surface area (Å²) in [5.41, 5.74) is 3.10. The minimum atomic E-state index is -0.480. The van der Waals surface area contributed by atoms with Crippen molar-refractivity contribution in [2.24, 2.45) is 0 Å². The minimum Gasteiger partial charge on any atom is -0.455 e. The molecule has 3 rings (SSSR count). The third-order valence-corrected chi connectivity index (χ3v) is 3.90. The fourth-order valence-corrected chi connectivity index (χ4v) is 2.60. The molecule has 2 aromatic rings. The fourth-order valence-electron chi connectivity index (χ4n) is 2.60. The first-order valence-corrected chi connectivity index (χ1v) is 7.93. The van der Waals surface area contributed by atoms with Crippen molar-refractivity contribution in [3.05, 3.63) is 59.7 Å². The van der Waals surface area contributed by atoms with E-state index in [0.29, 0.717) is 11.4 Å². The average Bonchev–Trinajstić information content (AvgIpc) is 2.61. The molecule has 0 bridgehead atoms. The van der Waals surface area contributed by atoms with Crippen LogP contribution in [0.2, 0.25) is 0 Å². The molecule has 0 aliphatic carbocycles. The molecule has 1 aliphatic heterocycles. The Morgan fingerprint density at radius 2 is 1.84 bits per heavy atom. The maximum absolute atomic E-state index is 12.4. The molecule has 0 radical (unpaired) electrons. The Balaban J connectivity index is 1.60. The molecular formula is C19H18N2O4. The van der Waals surface area contributed by atoms with Crippen molar-refractivity contribution in [2.75, 3.05) is 23.4 Å². The van der Waals surface area contributed by atoms with E-state index < -0.39 is 18.5 Å². The number of rotatable bonds is 4. The normalized spacial score (nSPS) is 13.0. The zero-order chi connectivity index (χ0) is 17.8. The Hall–Kier alpha value is -3.15. The second-order valence-electron chi connectivity index (χ2n) is 5.87. The van der Waals surface area contributed by atoms with E-state index in [-0.39, 0.29) is 18.9 Å². The van der Waals surface area contributed by atoms with Crippen LogP contribution in [0.25, 0.3) is 0 Å². The molecule has 0 unspecified atom stereocenters. The van der Waals surface area contributed by atoms with E-state index in [0.717, 1.165) is 11.1 Å². The zero-order valence-corrected chi connectivity index (χ0v) is 13.8. The van der Waals surface area contributed by atoms with E-state index in [1.807, 2.05) is 31.2 Å². The quantitative estimate of drug-likeness (QED) is 0.866. The summed E-state index contributed by atoms with van der Waals surface area (Å²) in [4.78, 5) is 37.4. The predicted molar refractivity (Wildman–Crippen MR) is 93.3 cm³/mol. The van der Waals surface area contributed by atoms with Crippen LogP contribution in [0.5, 0.6) is 0 Å². The van der Waals surface area contributed by atoms with Gasteiger partial charge in [0.25, 0.3) is 5.91 Å². The highest BCUT2D eigenvalue weighted by Crippen LogP contribution is 2.28. The molecule has 128 valence electrons. The number of para-hydroxylation sites is 2. The number of amides is 2. The highest BCUT2D eigenvalue weighted by molar-refractivity contribution is 6.10. The summed E-state index contributed by atoms with van der Waals surface area (Å²) in [6, 6.07) is 14.5. The van der Waals surface area contributed by atoms with Crippen LogP contribution in [0.1, 0.15) is 11.1 Å². The molecule has 1 aliphatic rings. The Kier molecular flexibility index (Phi) is 4.79. The summed E-state index contributed by atoms with van der Waals surface area (Å²) >= 11 is 0. The van der Waals surface area contributed by atoms with Crippen molar-refractivity contribution in [1.82, 2.24) is 0 Å². The van der Waals surface area contributed by atoms with Gasteiger partial charge in [-0.05, 0) is 24.6 Å². The molecule has 0 saturated carbocycles. The highest BCUT2D eigenvalue weighted by atomic mass is 16.5. The molecule has 6 nitrogen and oxygen atoms in total. The standard InChI is InChI=1S/C19H18N2O4/c1-13-6-8-14(9-7-13)10-19(24)25-12-18(23)21-11-17(22)20-15-4-2-3-5-16(15)21/h2-9H,10-12H2,1H3,(H,20,22). The van der Waals surface area contributed by atoms with Crippen LogP contribution >= 0.6 is 0 Å². The second-order valence-corrected chi connectivity index (χ2v) is 5.87. The van der Waals surface area contributed by atoms with Gasteiger partial charge >= 0.3 is 5.97 Å². The summed E-state index contributed by atoms with van der Waals surface area (Å²) in [5.74, 6) is -1.19. The average molecular weight is 338 g/mol. The van der Waals surface area contributed by atoms with Gasteiger partial charge < -0.3 is 10.1 Å². The molecule has 0 fully saturated rings. The lowest BCUT2D eigenvalue weighted by Gasteiger charge is -2.28. The third kappa shape index (κ3) is 4.03. The van der Waals surface area contributed by atoms with Gasteiger partial charge in [0.1, 0.15) is 6.54 Å². The molecule has 2 amide bonds. The van der Waals surface area contributed by atoms with Crippen molar-refractivity contribution in [3.63, 3.8) is 0 Å². The summed E-state index contributed by atoms with van der Waals surface area (Å²) in [5, 5.41) is 2.71. The number of carbonyl (C=O) groups excluding carboxylic acids is 3. The van der Waals surface area contributed by atoms with Crippen LogP contribution in [0, 0.1) is 6.92 Å². The monoisotopic (exact) mass is 338 g/mol. The number of nitrogens with one attached hydrogen (secondary N) is 1. The lowest BCUT2D eigenvalue weighted by molar-refractivity contribution is -0.147. The van der Waals surface area contributed by atoms with Crippen LogP contribution in [0.3, 0.4) is 0 Å². The smallest absolute Gasteiger partial charge is 0.310 e. The Bertz CT molecular complexity index is 814. The van der Waals surface area contributed by atoms with E-state index in [4.69, 9.17) is 4.74 Å². The number of ether oxygens (including phenoxy) is 1. The Morgan fingerprint density at radius 3 is 2.60 bits per heavy atom. The number of nitrogens with zero attached hydrogens (tertiary/aromatic N) is 1. The van der Waals surface area contributed by atoms with E-state index >= 15 is 0 Å². The van der Waals surface area contributed by atoms with Gasteiger partial charge in [-0.3, -0.25) is 19.3 Å². The van der Waals surface area contributed by atoms with Crippen molar-refractivity contribution >= 4 is 29.2 Å². The van der Waals surface area contributed by atoms with Gasteiger partial charge in [-0.2, -0.15) is 0 Å². The molecule has 0 atom stereocenters. The number of esters is 1. The van der Waals surface area contributed by atoms with E-state index in [2.05, 4.69) is 5.32 Å². The number of anilines is 2. The fraction of sp³-hybridized carbons (Fsp3) is 0.211. The van der Waals surface area contributed by atoms with Crippen LogP contribution in [-0.4, -0.2) is 30.9 Å². The number of hydrogen-bond donors (Lipinski definition) is 1. The summed E-state index contributed by atoms with van der Waals surface area (Å²) in [6.07, 6.45) is 0.102. The van der Waals surface area contributed by atoms with E-state index in [9.17, 15) is 14.4 Å². The van der Waals surface area contributed by atoms with Crippen LogP contribution in [0.15, 0.2) is 48.5 Å². The SMILES string of the molecule is Cc1ccc(CC(=O)OCC(=O)N2CC(=O)Nc3ccccc32)cc1. The van der Waals surface area contributed by atoms with Gasteiger partial charge in [0.2, 0.25) is 5.91 Å². The number of fused-ring (bicyclic) bond motifs is 1. The Labute approximate surface area is 145 Å². The van der Waals surface area contributed by atoms with Crippen molar-refractivity contribution < 1.29 is 19.1 Å². The maximum atomic E-state index is 12.4. The lowest BCUT2D eigenvalue weighted by Crippen LogP contribution is -2.44. The first-order valence-electron chi connectivity index (χ1n) is 7.93. The molecule has 25 heavy (non-hydrogen) atoms. The highest BCUT2D eigenvalue weighted by Gasteiger charge is 2.27. The van der Waals surface area contributed by atoms with Gasteiger partial charge in [-0.15, -0.1) is 0 Å². The molecule has 0 aromatic heterocycles. The van der Waals surface area contributed by atoms with Crippen LogP contribution < -0.4 is 10.2 Å². The van der Waals surface area contributed by atoms with Gasteiger partial charge in [-0.1, -0.05) is 42.0 Å². The van der Waals surface area contributed by atoms with E-state index in [1.165, 1.54) is 4.90 Å². The first-order chi connectivity index (χ1) is 12.0. The van der Waals surface area contributed by atoms with Gasteiger partial charge in [0, 0.05) is 0 Å². The number of benzene rings is 2. The summed E-state index contributed by atoms with van der Waals surface area (Å²) in [7, 11) is 0. The number of aryl methyl sites for hydroxylation is 1. The molecule has 1 heterocycles. The molecule has 0 spiro atoms. The third-order valence-electron chi connectivity index (χ3n) is 3.90. The minimum absolute atomic E-state index is 0.0919. The topological polar surface area (TPSA) is 75.7 Å². The van der Waals surface area contributed by atoms with Crippen molar-refractivity contribution in [2.45, 2.75) is 13.3 Å². The van der Waals surface area contributed by atoms with E-state index in [1.54, 1.807) is 24.3 Å².